The average Bonchev–Trinajstić information content (AvgIpc) is 3.34. The highest BCUT2D eigenvalue weighted by Crippen LogP contribution is 2.47. The van der Waals surface area contributed by atoms with Gasteiger partial charge in [-0.15, -0.1) is 0 Å². The molecule has 10 aromatic carbocycles. The molecule has 0 unspecified atom stereocenters. The Balaban J connectivity index is 1.20. The molecule has 0 spiro atoms. The van der Waals surface area contributed by atoms with Crippen molar-refractivity contribution in [2.45, 2.75) is 55.4 Å². The molecule has 0 amide bonds. The summed E-state index contributed by atoms with van der Waals surface area (Å²) < 4.78 is 0. The van der Waals surface area contributed by atoms with Gasteiger partial charge in [-0.05, 0) is 191 Å². The van der Waals surface area contributed by atoms with Crippen molar-refractivity contribution in [2.24, 2.45) is 9.98 Å². The third-order valence-electron chi connectivity index (χ3n) is 14.1. The summed E-state index contributed by atoms with van der Waals surface area (Å²) in [6, 6.07) is 58.8. The topological polar surface area (TPSA) is 65.2 Å². The third-order valence-corrected chi connectivity index (χ3v) is 14.1. The number of benzene rings is 10. The van der Waals surface area contributed by atoms with Gasteiger partial charge in [-0.25, -0.2) is 0 Å². The van der Waals surface area contributed by atoms with E-state index in [0.29, 0.717) is 11.1 Å². The minimum atomic E-state index is 0.178. The monoisotopic (exact) mass is 908 g/mol. The first-order valence-corrected chi connectivity index (χ1v) is 24.0. The summed E-state index contributed by atoms with van der Waals surface area (Å²) in [7, 11) is 0. The first-order chi connectivity index (χ1) is 33.9. The first-order valence-electron chi connectivity index (χ1n) is 24.0. The van der Waals surface area contributed by atoms with Gasteiger partial charge in [-0.3, -0.25) is 9.98 Å². The molecule has 0 aliphatic heterocycles. The molecular formula is C66H56N2O2. The Morgan fingerprint density at radius 3 is 0.971 bits per heavy atom. The number of aliphatic imine (C=N–C) groups is 2. The van der Waals surface area contributed by atoms with E-state index >= 15 is 0 Å². The second kappa shape index (κ2) is 18.6. The maximum Gasteiger partial charge on any atom is 0.132 e. The van der Waals surface area contributed by atoms with Gasteiger partial charge in [0, 0.05) is 45.8 Å². The van der Waals surface area contributed by atoms with Crippen molar-refractivity contribution < 1.29 is 10.2 Å². The Bertz CT molecular complexity index is 3450. The molecule has 10 aromatic rings. The van der Waals surface area contributed by atoms with Crippen molar-refractivity contribution in [3.8, 4) is 67.1 Å². The zero-order valence-corrected chi connectivity index (χ0v) is 41.1. The van der Waals surface area contributed by atoms with Crippen LogP contribution >= 0.6 is 0 Å². The van der Waals surface area contributed by atoms with E-state index in [-0.39, 0.29) is 11.5 Å². The lowest BCUT2D eigenvalue weighted by Crippen LogP contribution is -1.96. The van der Waals surface area contributed by atoms with Crippen LogP contribution in [0.15, 0.2) is 180 Å². The molecule has 0 aliphatic carbocycles. The smallest absolute Gasteiger partial charge is 0.132 e. The number of nitrogens with zero attached hydrogens (tertiary/aromatic N) is 2. The predicted octanol–water partition coefficient (Wildman–Crippen LogP) is 17.7. The van der Waals surface area contributed by atoms with Gasteiger partial charge < -0.3 is 10.2 Å². The van der Waals surface area contributed by atoms with Gasteiger partial charge in [0.15, 0.2) is 0 Å². The van der Waals surface area contributed by atoms with E-state index < -0.39 is 0 Å². The van der Waals surface area contributed by atoms with Crippen LogP contribution in [0.4, 0.5) is 11.4 Å². The zero-order chi connectivity index (χ0) is 48.8. The molecule has 0 aliphatic rings. The van der Waals surface area contributed by atoms with E-state index in [0.717, 1.165) is 133 Å². The minimum absolute atomic E-state index is 0.178. The van der Waals surface area contributed by atoms with Crippen molar-refractivity contribution in [2.75, 3.05) is 0 Å². The highest BCUT2D eigenvalue weighted by atomic mass is 16.3. The second-order valence-corrected chi connectivity index (χ2v) is 18.9. The zero-order valence-electron chi connectivity index (χ0n) is 41.1. The van der Waals surface area contributed by atoms with Crippen molar-refractivity contribution >= 4 is 45.3 Å². The molecule has 0 bridgehead atoms. The summed E-state index contributed by atoms with van der Waals surface area (Å²) in [6.45, 7) is 16.9. The van der Waals surface area contributed by atoms with E-state index in [1.54, 1.807) is 0 Å². The number of phenolic OH excluding ortho intramolecular Hbond substituents is 2. The standard InChI is InChI=1S/C66H56N2O2/c1-39-17-13-18-40(2)59(39)49-33-51(65(69)55(35-49)61-43(5)21-15-22-44(61)6)37-67-57-31-29-47-25-9-11-27-53(47)63(57)64-54-28-12-10-26-48(54)30-32-58(64)68-38-52-34-50(60-41(3)19-14-20-42(60)4)36-56(66(52)70)62-45(7)23-16-24-46(62)8/h9-38,69-70H,1-8H3. The van der Waals surface area contributed by atoms with Crippen LogP contribution in [0.5, 0.6) is 11.5 Å². The molecule has 0 fully saturated rings. The molecular weight excluding hydrogens is 853 g/mol. The summed E-state index contributed by atoms with van der Waals surface area (Å²) in [6.07, 6.45) is 3.63. The van der Waals surface area contributed by atoms with E-state index in [4.69, 9.17) is 9.98 Å². The number of fused-ring (bicyclic) bond motifs is 2. The van der Waals surface area contributed by atoms with Crippen molar-refractivity contribution in [3.63, 3.8) is 0 Å². The molecule has 0 saturated carbocycles. The fraction of sp³-hybridized carbons (Fsp3) is 0.121. The van der Waals surface area contributed by atoms with E-state index in [2.05, 4.69) is 225 Å². The summed E-state index contributed by atoms with van der Waals surface area (Å²) in [5.41, 5.74) is 21.4. The van der Waals surface area contributed by atoms with E-state index in [1.165, 1.54) is 0 Å². The number of aryl methyl sites for hydroxylation is 8. The van der Waals surface area contributed by atoms with Crippen molar-refractivity contribution in [1.29, 1.82) is 0 Å². The highest BCUT2D eigenvalue weighted by Gasteiger charge is 2.21. The van der Waals surface area contributed by atoms with Crippen molar-refractivity contribution in [1.82, 2.24) is 0 Å². The molecule has 342 valence electrons. The van der Waals surface area contributed by atoms with Gasteiger partial charge in [0.2, 0.25) is 0 Å². The molecule has 4 heteroatoms. The fourth-order valence-electron chi connectivity index (χ4n) is 10.7. The van der Waals surface area contributed by atoms with Gasteiger partial charge in [0.1, 0.15) is 11.5 Å². The SMILES string of the molecule is Cc1cccc(C)c1-c1cc(C=Nc2ccc3ccccc3c2-c2c(N=Cc3cc(-c4c(C)cccc4C)cc(-c4c(C)cccc4C)c3O)ccc3ccccc23)c(O)c(-c2c(C)cccc2C)c1. The first kappa shape index (κ1) is 45.4. The van der Waals surface area contributed by atoms with Gasteiger partial charge >= 0.3 is 0 Å². The normalized spacial score (nSPS) is 11.7. The van der Waals surface area contributed by atoms with Crippen LogP contribution in [0.2, 0.25) is 0 Å². The number of hydrogen-bond acceptors (Lipinski definition) is 4. The van der Waals surface area contributed by atoms with Crippen molar-refractivity contribution in [3.05, 3.63) is 225 Å². The molecule has 0 atom stereocenters. The number of rotatable bonds is 9. The molecule has 70 heavy (non-hydrogen) atoms. The Kier molecular flexibility index (Phi) is 12.1. The Hall–Kier alpha value is -8.34. The number of aromatic hydroxyl groups is 2. The molecule has 0 saturated heterocycles. The molecule has 0 aromatic heterocycles. The van der Waals surface area contributed by atoms with Crippen LogP contribution < -0.4 is 0 Å². The van der Waals surface area contributed by atoms with Crippen LogP contribution in [0.1, 0.15) is 55.6 Å². The lowest BCUT2D eigenvalue weighted by molar-refractivity contribution is 0.476. The van der Waals surface area contributed by atoms with Gasteiger partial charge in [-0.2, -0.15) is 0 Å². The highest BCUT2D eigenvalue weighted by molar-refractivity contribution is 6.14. The average molecular weight is 909 g/mol. The lowest BCUT2D eigenvalue weighted by atomic mass is 9.88. The Labute approximate surface area is 411 Å². The van der Waals surface area contributed by atoms with Gasteiger partial charge in [0.25, 0.3) is 0 Å². The van der Waals surface area contributed by atoms with Gasteiger partial charge in [0.05, 0.1) is 11.4 Å². The fourth-order valence-corrected chi connectivity index (χ4v) is 10.7. The number of phenols is 2. The number of hydrogen-bond donors (Lipinski definition) is 2. The quantitative estimate of drug-likeness (QED) is 0.142. The second-order valence-electron chi connectivity index (χ2n) is 18.9. The Morgan fingerprint density at radius 1 is 0.314 bits per heavy atom. The van der Waals surface area contributed by atoms with Crippen LogP contribution in [-0.2, 0) is 0 Å². The minimum Gasteiger partial charge on any atom is -0.507 e. The van der Waals surface area contributed by atoms with Crippen LogP contribution in [-0.4, -0.2) is 22.6 Å². The molecule has 2 N–H and O–H groups in total. The summed E-state index contributed by atoms with van der Waals surface area (Å²) in [5, 5.41) is 28.8. The molecule has 0 heterocycles. The largest absolute Gasteiger partial charge is 0.507 e. The van der Waals surface area contributed by atoms with Crippen LogP contribution in [0.3, 0.4) is 0 Å². The van der Waals surface area contributed by atoms with Gasteiger partial charge in [-0.1, -0.05) is 133 Å². The maximum absolute atomic E-state index is 12.3. The predicted molar refractivity (Wildman–Crippen MR) is 297 cm³/mol. The summed E-state index contributed by atoms with van der Waals surface area (Å²) in [5.74, 6) is 0.356. The Morgan fingerprint density at radius 2 is 0.629 bits per heavy atom. The third kappa shape index (κ3) is 8.26. The van der Waals surface area contributed by atoms with E-state index in [1.807, 2.05) is 12.4 Å². The van der Waals surface area contributed by atoms with E-state index in [9.17, 15) is 10.2 Å². The molecule has 0 radical (unpaired) electrons. The van der Waals surface area contributed by atoms with Crippen LogP contribution in [0, 0.1) is 55.4 Å². The summed E-state index contributed by atoms with van der Waals surface area (Å²) >= 11 is 0. The van der Waals surface area contributed by atoms with Crippen LogP contribution in [0.25, 0.3) is 77.2 Å². The maximum atomic E-state index is 12.3. The summed E-state index contributed by atoms with van der Waals surface area (Å²) in [4.78, 5) is 10.7. The lowest BCUT2D eigenvalue weighted by Gasteiger charge is -2.18. The molecule has 10 rings (SSSR count). The molecule has 4 nitrogen and oxygen atoms in total.